The first-order valence-corrected chi connectivity index (χ1v) is 9.10. The quantitative estimate of drug-likeness (QED) is 0.815. The van der Waals surface area contributed by atoms with Crippen molar-refractivity contribution in [3.63, 3.8) is 0 Å². The van der Waals surface area contributed by atoms with Crippen molar-refractivity contribution in [3.05, 3.63) is 0 Å². The molecule has 5 heteroatoms. The van der Waals surface area contributed by atoms with Crippen LogP contribution in [0.2, 0.25) is 0 Å². The second-order valence-corrected chi connectivity index (χ2v) is 7.25. The summed E-state index contributed by atoms with van der Waals surface area (Å²) >= 11 is 0. The number of ether oxygens (including phenoxy) is 1. The Morgan fingerprint density at radius 3 is 2.77 bits per heavy atom. The summed E-state index contributed by atoms with van der Waals surface area (Å²) in [6.07, 6.45) is 6.20. The second-order valence-electron chi connectivity index (χ2n) is 7.25. The molecule has 1 aliphatic carbocycles. The summed E-state index contributed by atoms with van der Waals surface area (Å²) in [7, 11) is 0. The first-order chi connectivity index (χ1) is 10.7. The Morgan fingerprint density at radius 1 is 1.14 bits per heavy atom. The third-order valence-corrected chi connectivity index (χ3v) is 5.18. The molecule has 3 fully saturated rings. The smallest absolute Gasteiger partial charge is 0.317 e. The normalized spacial score (nSPS) is 29.8. The van der Waals surface area contributed by atoms with Crippen LogP contribution < -0.4 is 5.32 Å². The molecule has 0 aromatic rings. The molecule has 0 bridgehead atoms. The largest absolute Gasteiger partial charge is 0.381 e. The van der Waals surface area contributed by atoms with Crippen molar-refractivity contribution < 1.29 is 9.53 Å². The van der Waals surface area contributed by atoms with Crippen LogP contribution in [0.4, 0.5) is 4.79 Å². The molecular formula is C17H31N3O2. The van der Waals surface area contributed by atoms with Crippen LogP contribution in [0.3, 0.4) is 0 Å². The van der Waals surface area contributed by atoms with Gasteiger partial charge in [0, 0.05) is 51.3 Å². The number of hydrogen-bond acceptors (Lipinski definition) is 3. The van der Waals surface area contributed by atoms with Gasteiger partial charge in [-0.15, -0.1) is 0 Å². The zero-order valence-electron chi connectivity index (χ0n) is 13.9. The molecule has 3 aliphatic rings. The molecule has 2 saturated heterocycles. The van der Waals surface area contributed by atoms with Crippen LogP contribution in [0.1, 0.15) is 39.0 Å². The Bertz CT molecular complexity index is 373. The molecule has 22 heavy (non-hydrogen) atoms. The molecule has 2 heterocycles. The lowest BCUT2D eigenvalue weighted by Gasteiger charge is -2.33. The molecule has 2 aliphatic heterocycles. The summed E-state index contributed by atoms with van der Waals surface area (Å²) in [5.41, 5.74) is 0. The van der Waals surface area contributed by atoms with Gasteiger partial charge in [0.1, 0.15) is 0 Å². The summed E-state index contributed by atoms with van der Waals surface area (Å²) in [6, 6.07) is 0.484. The molecule has 0 aromatic carbocycles. The van der Waals surface area contributed by atoms with E-state index in [4.69, 9.17) is 4.74 Å². The van der Waals surface area contributed by atoms with Gasteiger partial charge in [0.25, 0.3) is 0 Å². The highest BCUT2D eigenvalue weighted by atomic mass is 16.5. The minimum Gasteiger partial charge on any atom is -0.381 e. The zero-order valence-corrected chi connectivity index (χ0v) is 13.9. The number of hydrogen-bond donors (Lipinski definition) is 1. The van der Waals surface area contributed by atoms with Gasteiger partial charge in [0.2, 0.25) is 0 Å². The number of urea groups is 1. The van der Waals surface area contributed by atoms with E-state index in [-0.39, 0.29) is 6.03 Å². The Morgan fingerprint density at radius 2 is 2.00 bits per heavy atom. The van der Waals surface area contributed by atoms with Crippen LogP contribution in [-0.2, 0) is 4.74 Å². The van der Waals surface area contributed by atoms with Crippen molar-refractivity contribution in [1.82, 2.24) is 15.1 Å². The molecule has 5 nitrogen and oxygen atoms in total. The van der Waals surface area contributed by atoms with Gasteiger partial charge in [-0.05, 0) is 44.9 Å². The number of carbonyl (C=O) groups is 1. The van der Waals surface area contributed by atoms with Crippen LogP contribution in [0.25, 0.3) is 0 Å². The number of nitrogens with one attached hydrogen (secondary N) is 1. The Kier molecular flexibility index (Phi) is 5.58. The number of amides is 2. The SMILES string of the molecule is CCOC[C@@H]1CCCN(C(=O)N[C@@H]2CCN(CC3CC3)C2)C1. The van der Waals surface area contributed by atoms with Gasteiger partial charge in [-0.1, -0.05) is 0 Å². The monoisotopic (exact) mass is 309 g/mol. The van der Waals surface area contributed by atoms with E-state index in [1.807, 2.05) is 11.8 Å². The third-order valence-electron chi connectivity index (χ3n) is 5.18. The highest BCUT2D eigenvalue weighted by Crippen LogP contribution is 2.30. The summed E-state index contributed by atoms with van der Waals surface area (Å²) in [4.78, 5) is 17.0. The molecule has 126 valence electrons. The van der Waals surface area contributed by atoms with E-state index in [1.165, 1.54) is 25.8 Å². The van der Waals surface area contributed by atoms with Crippen molar-refractivity contribution >= 4 is 6.03 Å². The van der Waals surface area contributed by atoms with Gasteiger partial charge in [-0.25, -0.2) is 4.79 Å². The maximum atomic E-state index is 12.5. The minimum absolute atomic E-state index is 0.138. The molecule has 1 saturated carbocycles. The Hall–Kier alpha value is -0.810. The summed E-state index contributed by atoms with van der Waals surface area (Å²) in [5, 5.41) is 3.25. The first kappa shape index (κ1) is 16.1. The lowest BCUT2D eigenvalue weighted by Crippen LogP contribution is -2.49. The van der Waals surface area contributed by atoms with Crippen molar-refractivity contribution in [2.45, 2.75) is 45.1 Å². The van der Waals surface area contributed by atoms with E-state index in [2.05, 4.69) is 10.2 Å². The number of piperidine rings is 1. The zero-order chi connectivity index (χ0) is 15.4. The summed E-state index contributed by atoms with van der Waals surface area (Å²) < 4.78 is 5.53. The lowest BCUT2D eigenvalue weighted by atomic mass is 9.99. The van der Waals surface area contributed by atoms with Crippen molar-refractivity contribution in [2.24, 2.45) is 11.8 Å². The number of nitrogens with zero attached hydrogens (tertiary/aromatic N) is 2. The van der Waals surface area contributed by atoms with Crippen molar-refractivity contribution in [1.29, 1.82) is 0 Å². The molecular weight excluding hydrogens is 278 g/mol. The Labute approximate surface area is 134 Å². The van der Waals surface area contributed by atoms with Crippen LogP contribution in [0, 0.1) is 11.8 Å². The third kappa shape index (κ3) is 4.59. The molecule has 2 atom stereocenters. The predicted molar refractivity (Wildman–Crippen MR) is 86.9 cm³/mol. The molecule has 0 spiro atoms. The van der Waals surface area contributed by atoms with Gasteiger partial charge in [0.05, 0.1) is 6.61 Å². The maximum Gasteiger partial charge on any atom is 0.317 e. The van der Waals surface area contributed by atoms with E-state index >= 15 is 0 Å². The van der Waals surface area contributed by atoms with Gasteiger partial charge in [0.15, 0.2) is 0 Å². The number of carbonyl (C=O) groups excluding carboxylic acids is 1. The van der Waals surface area contributed by atoms with Gasteiger partial charge >= 0.3 is 6.03 Å². The van der Waals surface area contributed by atoms with E-state index in [1.54, 1.807) is 0 Å². The summed E-state index contributed by atoms with van der Waals surface area (Å²) in [6.45, 7) is 8.76. The Balaban J connectivity index is 1.39. The van der Waals surface area contributed by atoms with E-state index in [9.17, 15) is 4.79 Å². The molecule has 0 aromatic heterocycles. The minimum atomic E-state index is 0.138. The standard InChI is InChI=1S/C17H31N3O2/c1-2-22-13-15-4-3-8-20(11-15)17(21)18-16-7-9-19(12-16)10-14-5-6-14/h14-16H,2-13H2,1H3,(H,18,21)/t15-,16-/m1/s1. The van der Waals surface area contributed by atoms with Crippen molar-refractivity contribution in [2.75, 3.05) is 45.9 Å². The molecule has 1 N–H and O–H groups in total. The van der Waals surface area contributed by atoms with Gasteiger partial charge in [-0.3, -0.25) is 0 Å². The topological polar surface area (TPSA) is 44.8 Å². The fourth-order valence-corrected chi connectivity index (χ4v) is 3.72. The molecule has 2 amide bonds. The molecule has 0 unspecified atom stereocenters. The van der Waals surface area contributed by atoms with Crippen LogP contribution in [-0.4, -0.2) is 67.8 Å². The van der Waals surface area contributed by atoms with Crippen LogP contribution in [0.15, 0.2) is 0 Å². The van der Waals surface area contributed by atoms with E-state index in [0.29, 0.717) is 12.0 Å². The highest BCUT2D eigenvalue weighted by molar-refractivity contribution is 5.74. The second kappa shape index (κ2) is 7.64. The fourth-order valence-electron chi connectivity index (χ4n) is 3.72. The highest BCUT2D eigenvalue weighted by Gasteiger charge is 2.31. The lowest BCUT2D eigenvalue weighted by molar-refractivity contribution is 0.0752. The van der Waals surface area contributed by atoms with E-state index in [0.717, 1.165) is 58.2 Å². The fraction of sp³-hybridized carbons (Fsp3) is 0.941. The van der Waals surface area contributed by atoms with Gasteiger partial charge in [-0.2, -0.15) is 0 Å². The van der Waals surface area contributed by atoms with Crippen LogP contribution in [0.5, 0.6) is 0 Å². The average molecular weight is 309 g/mol. The van der Waals surface area contributed by atoms with Crippen molar-refractivity contribution in [3.8, 4) is 0 Å². The maximum absolute atomic E-state index is 12.5. The molecule has 3 rings (SSSR count). The number of likely N-dealkylation sites (tertiary alicyclic amines) is 2. The summed E-state index contributed by atoms with van der Waals surface area (Å²) in [5.74, 6) is 1.45. The average Bonchev–Trinajstić information content (AvgIpc) is 3.24. The van der Waals surface area contributed by atoms with Gasteiger partial charge < -0.3 is 19.9 Å². The predicted octanol–water partition coefficient (Wildman–Crippen LogP) is 1.93. The number of rotatable bonds is 6. The first-order valence-electron chi connectivity index (χ1n) is 9.10. The van der Waals surface area contributed by atoms with Crippen LogP contribution >= 0.6 is 0 Å². The van der Waals surface area contributed by atoms with E-state index < -0.39 is 0 Å². The molecule has 0 radical (unpaired) electrons.